The first-order valence-electron chi connectivity index (χ1n) is 5.23. The van der Waals surface area contributed by atoms with Crippen molar-refractivity contribution in [1.82, 2.24) is 0 Å². The van der Waals surface area contributed by atoms with Gasteiger partial charge in [-0.05, 0) is 6.42 Å². The predicted molar refractivity (Wildman–Crippen MR) is 63.1 cm³/mol. The SMILES string of the molecule is CCCCSC1=[NH+]c2ccccc2C1. The Labute approximate surface area is 89.6 Å². The molecule has 0 saturated heterocycles. The summed E-state index contributed by atoms with van der Waals surface area (Å²) < 4.78 is 0. The highest BCUT2D eigenvalue weighted by molar-refractivity contribution is 8.13. The fourth-order valence-corrected chi connectivity index (χ4v) is 2.71. The molecule has 2 rings (SSSR count). The maximum Gasteiger partial charge on any atom is 0.219 e. The summed E-state index contributed by atoms with van der Waals surface area (Å²) in [6.07, 6.45) is 3.70. The molecule has 0 aromatic heterocycles. The average Bonchev–Trinajstić information content (AvgIpc) is 2.60. The first-order valence-corrected chi connectivity index (χ1v) is 6.22. The minimum atomic E-state index is 1.10. The van der Waals surface area contributed by atoms with Crippen LogP contribution >= 0.6 is 11.8 Å². The van der Waals surface area contributed by atoms with E-state index < -0.39 is 0 Å². The summed E-state index contributed by atoms with van der Waals surface area (Å²) >= 11 is 1.97. The van der Waals surface area contributed by atoms with E-state index >= 15 is 0 Å². The van der Waals surface area contributed by atoms with Gasteiger partial charge in [-0.1, -0.05) is 43.3 Å². The van der Waals surface area contributed by atoms with Gasteiger partial charge in [0.25, 0.3) is 0 Å². The highest BCUT2D eigenvalue weighted by Crippen LogP contribution is 2.18. The number of unbranched alkanes of at least 4 members (excludes halogenated alkanes) is 1. The van der Waals surface area contributed by atoms with Crippen molar-refractivity contribution >= 4 is 22.5 Å². The van der Waals surface area contributed by atoms with Crippen LogP contribution < -0.4 is 4.99 Å². The van der Waals surface area contributed by atoms with Crippen LogP contribution in [0.4, 0.5) is 5.69 Å². The molecule has 1 aromatic rings. The standard InChI is InChI=1S/C12H15NS/c1-2-3-8-14-12-9-10-6-4-5-7-11(10)13-12/h4-7H,2-3,8-9H2,1H3/p+1. The number of fused-ring (bicyclic) bond motifs is 1. The number of para-hydroxylation sites is 1. The van der Waals surface area contributed by atoms with Crippen LogP contribution in [0.3, 0.4) is 0 Å². The van der Waals surface area contributed by atoms with E-state index in [0.29, 0.717) is 0 Å². The van der Waals surface area contributed by atoms with Gasteiger partial charge in [0, 0.05) is 17.4 Å². The zero-order valence-corrected chi connectivity index (χ0v) is 9.36. The summed E-state index contributed by atoms with van der Waals surface area (Å²) in [7, 11) is 0. The van der Waals surface area contributed by atoms with Crippen LogP contribution in [-0.2, 0) is 6.42 Å². The zero-order chi connectivity index (χ0) is 9.80. The molecule has 1 aliphatic rings. The van der Waals surface area contributed by atoms with Crippen molar-refractivity contribution in [2.45, 2.75) is 26.2 Å². The van der Waals surface area contributed by atoms with Crippen molar-refractivity contribution in [2.75, 3.05) is 5.75 Å². The largest absolute Gasteiger partial charge is 0.219 e. The third-order valence-corrected chi connectivity index (χ3v) is 3.50. The van der Waals surface area contributed by atoms with Gasteiger partial charge < -0.3 is 0 Å². The highest BCUT2D eigenvalue weighted by Gasteiger charge is 2.20. The van der Waals surface area contributed by atoms with Gasteiger partial charge in [0.1, 0.15) is 0 Å². The molecule has 74 valence electrons. The lowest BCUT2D eigenvalue weighted by Crippen LogP contribution is -2.62. The summed E-state index contributed by atoms with van der Waals surface area (Å²) in [5.74, 6) is 1.24. The Bertz CT molecular complexity index is 344. The van der Waals surface area contributed by atoms with E-state index in [-0.39, 0.29) is 0 Å². The van der Waals surface area contributed by atoms with E-state index in [1.165, 1.54) is 34.9 Å². The third kappa shape index (κ3) is 2.18. The molecular formula is C12H16NS+. The van der Waals surface area contributed by atoms with Gasteiger partial charge in [-0.25, -0.2) is 4.99 Å². The average molecular weight is 206 g/mol. The number of nitrogens with one attached hydrogen (secondary N) is 1. The van der Waals surface area contributed by atoms with Crippen molar-refractivity contribution < 1.29 is 4.99 Å². The van der Waals surface area contributed by atoms with Crippen LogP contribution in [0.15, 0.2) is 24.3 Å². The first kappa shape index (κ1) is 9.78. The van der Waals surface area contributed by atoms with E-state index in [2.05, 4.69) is 36.2 Å². The molecule has 0 aliphatic carbocycles. The maximum absolute atomic E-state index is 3.47. The molecule has 1 N–H and O–H groups in total. The Morgan fingerprint density at radius 3 is 3.00 bits per heavy atom. The van der Waals surface area contributed by atoms with Gasteiger partial charge in [0.05, 0.1) is 6.42 Å². The molecule has 1 nitrogen and oxygen atoms in total. The fraction of sp³-hybridized carbons (Fsp3) is 0.417. The molecular weight excluding hydrogens is 190 g/mol. The van der Waals surface area contributed by atoms with E-state index in [0.717, 1.165) is 6.42 Å². The quantitative estimate of drug-likeness (QED) is 0.746. The summed E-state index contributed by atoms with van der Waals surface area (Å²) in [6.45, 7) is 2.24. The summed E-state index contributed by atoms with van der Waals surface area (Å²) in [5, 5.41) is 1.42. The van der Waals surface area contributed by atoms with Crippen LogP contribution in [0, 0.1) is 0 Å². The number of hydrogen-bond donors (Lipinski definition) is 1. The summed E-state index contributed by atoms with van der Waals surface area (Å²) in [4.78, 5) is 3.47. The Hall–Kier alpha value is -0.760. The van der Waals surface area contributed by atoms with E-state index in [1.54, 1.807) is 0 Å². The Kier molecular flexibility index (Phi) is 3.25. The van der Waals surface area contributed by atoms with Crippen LogP contribution in [0.2, 0.25) is 0 Å². The monoisotopic (exact) mass is 206 g/mol. The minimum Gasteiger partial charge on any atom is -0.203 e. The van der Waals surface area contributed by atoms with Gasteiger partial charge in [0.2, 0.25) is 10.7 Å². The Morgan fingerprint density at radius 2 is 2.21 bits per heavy atom. The number of benzene rings is 1. The second-order valence-electron chi connectivity index (χ2n) is 3.58. The van der Waals surface area contributed by atoms with Crippen molar-refractivity contribution in [3.05, 3.63) is 29.8 Å². The summed E-state index contributed by atoms with van der Waals surface area (Å²) in [5.41, 5.74) is 2.73. The van der Waals surface area contributed by atoms with Crippen LogP contribution in [0.5, 0.6) is 0 Å². The van der Waals surface area contributed by atoms with Gasteiger partial charge in [-0.2, -0.15) is 0 Å². The van der Waals surface area contributed by atoms with Crippen molar-refractivity contribution in [1.29, 1.82) is 0 Å². The maximum atomic E-state index is 3.47. The second-order valence-corrected chi connectivity index (χ2v) is 4.77. The molecule has 0 bridgehead atoms. The molecule has 0 amide bonds. The normalized spacial score (nSPS) is 13.9. The fourth-order valence-electron chi connectivity index (χ4n) is 1.59. The molecule has 0 radical (unpaired) electrons. The van der Waals surface area contributed by atoms with Crippen molar-refractivity contribution in [3.8, 4) is 0 Å². The van der Waals surface area contributed by atoms with E-state index in [1.807, 2.05) is 11.8 Å². The molecule has 0 saturated carbocycles. The van der Waals surface area contributed by atoms with Crippen molar-refractivity contribution in [3.63, 3.8) is 0 Å². The van der Waals surface area contributed by atoms with Gasteiger partial charge in [-0.3, -0.25) is 0 Å². The zero-order valence-electron chi connectivity index (χ0n) is 8.55. The Balaban J connectivity index is 1.95. The molecule has 0 atom stereocenters. The van der Waals surface area contributed by atoms with Crippen molar-refractivity contribution in [2.24, 2.45) is 0 Å². The number of hydrogen-bond acceptors (Lipinski definition) is 1. The van der Waals surface area contributed by atoms with Crippen LogP contribution in [0.1, 0.15) is 25.3 Å². The molecule has 0 spiro atoms. The minimum absolute atomic E-state index is 1.10. The van der Waals surface area contributed by atoms with Gasteiger partial charge in [-0.15, -0.1) is 0 Å². The van der Waals surface area contributed by atoms with E-state index in [9.17, 15) is 0 Å². The molecule has 0 unspecified atom stereocenters. The third-order valence-electron chi connectivity index (χ3n) is 2.42. The smallest absolute Gasteiger partial charge is 0.203 e. The topological polar surface area (TPSA) is 14.0 Å². The highest BCUT2D eigenvalue weighted by atomic mass is 32.2. The lowest BCUT2D eigenvalue weighted by molar-refractivity contribution is -0.346. The molecule has 1 aromatic carbocycles. The number of rotatable bonds is 3. The Morgan fingerprint density at radius 1 is 1.36 bits per heavy atom. The van der Waals surface area contributed by atoms with Crippen LogP contribution in [-0.4, -0.2) is 10.8 Å². The molecule has 1 aliphatic heterocycles. The number of thioether (sulfide) groups is 1. The van der Waals surface area contributed by atoms with Gasteiger partial charge >= 0.3 is 0 Å². The lowest BCUT2D eigenvalue weighted by atomic mass is 10.2. The molecule has 0 fully saturated rings. The van der Waals surface area contributed by atoms with E-state index in [4.69, 9.17) is 0 Å². The second kappa shape index (κ2) is 4.65. The lowest BCUT2D eigenvalue weighted by Gasteiger charge is -1.93. The molecule has 1 heterocycles. The first-order chi connectivity index (χ1) is 6.90. The summed E-state index contributed by atoms with van der Waals surface area (Å²) in [6, 6.07) is 8.56. The predicted octanol–water partition coefficient (Wildman–Crippen LogP) is 1.89. The molecule has 14 heavy (non-hydrogen) atoms. The molecule has 2 heteroatoms. The van der Waals surface area contributed by atoms with Gasteiger partial charge in [0.15, 0.2) is 0 Å². The van der Waals surface area contributed by atoms with Crippen LogP contribution in [0.25, 0.3) is 0 Å².